The molecule has 4 rings (SSSR count). The number of hydrogen-bond acceptors (Lipinski definition) is 2. The van der Waals surface area contributed by atoms with E-state index in [9.17, 15) is 4.79 Å². The van der Waals surface area contributed by atoms with Gasteiger partial charge in [0.25, 0.3) is 0 Å². The van der Waals surface area contributed by atoms with Gasteiger partial charge in [-0.2, -0.15) is 0 Å². The monoisotopic (exact) mass is 279 g/mol. The molecule has 0 N–H and O–H groups in total. The lowest BCUT2D eigenvalue weighted by molar-refractivity contribution is 0.846. The fraction of sp³-hybridized carbons (Fsp3) is 0.235. The number of imidazole rings is 1. The summed E-state index contributed by atoms with van der Waals surface area (Å²) in [6, 6.07) is 14.2. The van der Waals surface area contributed by atoms with E-state index in [0.717, 1.165) is 29.7 Å². The lowest BCUT2D eigenvalue weighted by Crippen LogP contribution is -2.20. The highest BCUT2D eigenvalue weighted by Gasteiger charge is 2.18. The minimum Gasteiger partial charge on any atom is -0.374 e. The van der Waals surface area contributed by atoms with Crippen LogP contribution in [0.3, 0.4) is 0 Å². The fourth-order valence-corrected chi connectivity index (χ4v) is 3.23. The number of rotatable bonds is 1. The van der Waals surface area contributed by atoms with Crippen LogP contribution in [0.15, 0.2) is 47.3 Å². The standard InChI is InChI=1S/C17H17N3O/c1-18-10-9-12-11-13(7-8-14(12)18)20-16-6-4-3-5-15(16)19(2)17(20)21/h3-8,11H,9-10H2,1-2H3. The average Bonchev–Trinajstić information content (AvgIpc) is 2.99. The molecule has 1 aromatic heterocycles. The van der Waals surface area contributed by atoms with Gasteiger partial charge in [-0.3, -0.25) is 9.13 Å². The largest absolute Gasteiger partial charge is 0.374 e. The van der Waals surface area contributed by atoms with E-state index in [2.05, 4.69) is 24.1 Å². The number of anilines is 1. The number of para-hydroxylation sites is 2. The summed E-state index contributed by atoms with van der Waals surface area (Å²) >= 11 is 0. The van der Waals surface area contributed by atoms with Crippen molar-refractivity contribution in [2.24, 2.45) is 7.05 Å². The maximum atomic E-state index is 12.6. The van der Waals surface area contributed by atoms with E-state index in [1.165, 1.54) is 11.3 Å². The van der Waals surface area contributed by atoms with E-state index in [0.29, 0.717) is 0 Å². The molecule has 2 aromatic carbocycles. The Morgan fingerprint density at radius 1 is 1.00 bits per heavy atom. The van der Waals surface area contributed by atoms with E-state index in [1.54, 1.807) is 9.13 Å². The minimum absolute atomic E-state index is 0.00232. The number of fused-ring (bicyclic) bond motifs is 2. The molecule has 0 spiro atoms. The summed E-state index contributed by atoms with van der Waals surface area (Å²) in [6.07, 6.45) is 1.04. The van der Waals surface area contributed by atoms with Crippen LogP contribution in [0, 0.1) is 0 Å². The molecule has 0 unspecified atom stereocenters. The summed E-state index contributed by atoms with van der Waals surface area (Å²) in [5.74, 6) is 0. The Balaban J connectivity index is 2.00. The summed E-state index contributed by atoms with van der Waals surface area (Å²) in [5, 5.41) is 0. The third-order valence-corrected chi connectivity index (χ3v) is 4.41. The third-order valence-electron chi connectivity index (χ3n) is 4.41. The molecule has 21 heavy (non-hydrogen) atoms. The van der Waals surface area contributed by atoms with Gasteiger partial charge in [0.05, 0.1) is 16.7 Å². The summed E-state index contributed by atoms with van der Waals surface area (Å²) < 4.78 is 3.50. The predicted molar refractivity (Wildman–Crippen MR) is 85.5 cm³/mol. The van der Waals surface area contributed by atoms with Crippen molar-refractivity contribution in [2.75, 3.05) is 18.5 Å². The van der Waals surface area contributed by atoms with Gasteiger partial charge in [-0.05, 0) is 42.3 Å². The van der Waals surface area contributed by atoms with Crippen molar-refractivity contribution in [3.05, 3.63) is 58.5 Å². The first-order valence-electron chi connectivity index (χ1n) is 7.18. The van der Waals surface area contributed by atoms with Gasteiger partial charge in [-0.15, -0.1) is 0 Å². The van der Waals surface area contributed by atoms with Crippen molar-refractivity contribution in [2.45, 2.75) is 6.42 Å². The highest BCUT2D eigenvalue weighted by molar-refractivity contribution is 5.78. The molecule has 0 radical (unpaired) electrons. The molecule has 0 saturated heterocycles. The Morgan fingerprint density at radius 2 is 1.76 bits per heavy atom. The number of benzene rings is 2. The predicted octanol–water partition coefficient (Wildman–Crippen LogP) is 2.32. The van der Waals surface area contributed by atoms with Crippen molar-refractivity contribution in [3.63, 3.8) is 0 Å². The number of aromatic nitrogens is 2. The van der Waals surface area contributed by atoms with Gasteiger partial charge in [0.1, 0.15) is 0 Å². The fourth-order valence-electron chi connectivity index (χ4n) is 3.23. The van der Waals surface area contributed by atoms with Crippen LogP contribution in [0.25, 0.3) is 16.7 Å². The zero-order valence-electron chi connectivity index (χ0n) is 12.2. The highest BCUT2D eigenvalue weighted by Crippen LogP contribution is 2.29. The van der Waals surface area contributed by atoms with Crippen molar-refractivity contribution in [1.29, 1.82) is 0 Å². The average molecular weight is 279 g/mol. The third kappa shape index (κ3) is 1.65. The lowest BCUT2D eigenvalue weighted by atomic mass is 10.1. The van der Waals surface area contributed by atoms with Crippen molar-refractivity contribution < 1.29 is 0 Å². The molecule has 2 heterocycles. The van der Waals surface area contributed by atoms with E-state index in [-0.39, 0.29) is 5.69 Å². The van der Waals surface area contributed by atoms with Crippen LogP contribution in [0.5, 0.6) is 0 Å². The molecule has 4 heteroatoms. The summed E-state index contributed by atoms with van der Waals surface area (Å²) in [4.78, 5) is 14.8. The van der Waals surface area contributed by atoms with Crippen LogP contribution >= 0.6 is 0 Å². The molecule has 0 amide bonds. The van der Waals surface area contributed by atoms with E-state index < -0.39 is 0 Å². The maximum Gasteiger partial charge on any atom is 0.333 e. The molecule has 3 aromatic rings. The lowest BCUT2D eigenvalue weighted by Gasteiger charge is -2.12. The maximum absolute atomic E-state index is 12.6. The van der Waals surface area contributed by atoms with Gasteiger partial charge in [0, 0.05) is 26.3 Å². The Bertz CT molecular complexity index is 904. The molecule has 1 aliphatic heterocycles. The molecular weight excluding hydrogens is 262 g/mol. The first kappa shape index (κ1) is 12.3. The summed E-state index contributed by atoms with van der Waals surface area (Å²) in [6.45, 7) is 1.04. The van der Waals surface area contributed by atoms with Crippen LogP contribution in [0.4, 0.5) is 5.69 Å². The van der Waals surface area contributed by atoms with Crippen molar-refractivity contribution in [3.8, 4) is 5.69 Å². The summed E-state index contributed by atoms with van der Waals surface area (Å²) in [5.41, 5.74) is 5.45. The van der Waals surface area contributed by atoms with Gasteiger partial charge in [-0.25, -0.2) is 4.79 Å². The molecule has 106 valence electrons. The van der Waals surface area contributed by atoms with Crippen molar-refractivity contribution in [1.82, 2.24) is 9.13 Å². The van der Waals surface area contributed by atoms with Crippen LogP contribution in [-0.2, 0) is 13.5 Å². The van der Waals surface area contributed by atoms with Gasteiger partial charge >= 0.3 is 5.69 Å². The molecule has 1 aliphatic rings. The van der Waals surface area contributed by atoms with Crippen molar-refractivity contribution >= 4 is 16.7 Å². The number of likely N-dealkylation sites (N-methyl/N-ethyl adjacent to an activating group) is 1. The van der Waals surface area contributed by atoms with Crippen LogP contribution in [-0.4, -0.2) is 22.7 Å². The topological polar surface area (TPSA) is 30.2 Å². The van der Waals surface area contributed by atoms with Gasteiger partial charge < -0.3 is 4.90 Å². The van der Waals surface area contributed by atoms with Gasteiger partial charge in [0.15, 0.2) is 0 Å². The highest BCUT2D eigenvalue weighted by atomic mass is 16.1. The smallest absolute Gasteiger partial charge is 0.333 e. The SMILES string of the molecule is CN1CCc2cc(-n3c(=O)n(C)c4ccccc43)ccc21. The Morgan fingerprint density at radius 3 is 2.57 bits per heavy atom. The molecule has 0 atom stereocenters. The molecule has 0 bridgehead atoms. The number of aryl methyl sites for hydroxylation is 1. The Hall–Kier alpha value is -2.49. The van der Waals surface area contributed by atoms with Gasteiger partial charge in [-0.1, -0.05) is 12.1 Å². The molecular formula is C17H17N3O. The van der Waals surface area contributed by atoms with E-state index >= 15 is 0 Å². The first-order valence-corrected chi connectivity index (χ1v) is 7.18. The van der Waals surface area contributed by atoms with Crippen LogP contribution in [0.1, 0.15) is 5.56 Å². The second kappa shape index (κ2) is 4.25. The Kier molecular flexibility index (Phi) is 2.48. The van der Waals surface area contributed by atoms with Gasteiger partial charge in [0.2, 0.25) is 0 Å². The zero-order valence-corrected chi connectivity index (χ0v) is 12.2. The molecule has 0 aliphatic carbocycles. The van der Waals surface area contributed by atoms with E-state index in [4.69, 9.17) is 0 Å². The second-order valence-electron chi connectivity index (χ2n) is 5.65. The second-order valence-corrected chi connectivity index (χ2v) is 5.65. The molecule has 4 nitrogen and oxygen atoms in total. The van der Waals surface area contributed by atoms with Crippen LogP contribution < -0.4 is 10.6 Å². The molecule has 0 saturated carbocycles. The first-order chi connectivity index (χ1) is 10.2. The molecule has 0 fully saturated rings. The minimum atomic E-state index is 0.00232. The zero-order chi connectivity index (χ0) is 14.6. The number of hydrogen-bond donors (Lipinski definition) is 0. The summed E-state index contributed by atoms with van der Waals surface area (Å²) in [7, 11) is 3.93. The quantitative estimate of drug-likeness (QED) is 0.684. The van der Waals surface area contributed by atoms with E-state index in [1.807, 2.05) is 37.4 Å². The number of nitrogens with zero attached hydrogens (tertiary/aromatic N) is 3. The van der Waals surface area contributed by atoms with Crippen LogP contribution in [0.2, 0.25) is 0 Å². The Labute approximate surface area is 122 Å². The normalized spacial score (nSPS) is 13.9.